The summed E-state index contributed by atoms with van der Waals surface area (Å²) in [5.41, 5.74) is 4.67. The second-order valence-electron chi connectivity index (χ2n) is 7.05. The van der Waals surface area contributed by atoms with Crippen LogP contribution in [0.3, 0.4) is 0 Å². The van der Waals surface area contributed by atoms with Crippen molar-refractivity contribution in [3.05, 3.63) is 83.7 Å². The number of amides is 2. The van der Waals surface area contributed by atoms with E-state index in [1.54, 1.807) is 6.20 Å². The molecule has 0 spiro atoms. The van der Waals surface area contributed by atoms with Gasteiger partial charge in [0.2, 0.25) is 0 Å². The Hall–Kier alpha value is -3.28. The van der Waals surface area contributed by atoms with Crippen molar-refractivity contribution in [3.63, 3.8) is 0 Å². The molecule has 0 unspecified atom stereocenters. The summed E-state index contributed by atoms with van der Waals surface area (Å²) in [6.07, 6.45) is 3.72. The number of hydrogen-bond acceptors (Lipinski definition) is 3. The van der Waals surface area contributed by atoms with Crippen LogP contribution < -0.4 is 15.5 Å². The van der Waals surface area contributed by atoms with Gasteiger partial charge in [-0.15, -0.1) is 0 Å². The Kier molecular flexibility index (Phi) is 7.28. The number of urea groups is 1. The van der Waals surface area contributed by atoms with Gasteiger partial charge in [-0.25, -0.2) is 4.79 Å². The number of benzene rings is 2. The zero-order chi connectivity index (χ0) is 20.5. The van der Waals surface area contributed by atoms with Crippen molar-refractivity contribution in [3.8, 4) is 0 Å². The van der Waals surface area contributed by atoms with Crippen LogP contribution in [-0.2, 0) is 13.1 Å². The van der Waals surface area contributed by atoms with Crippen molar-refractivity contribution in [2.75, 3.05) is 24.5 Å². The number of likely N-dealkylation sites (N-methyl/N-ethyl adjacent to an activating group) is 1. The van der Waals surface area contributed by atoms with E-state index < -0.39 is 0 Å². The SMILES string of the molecule is CCN(CCNC(=O)NCc1ccc(Cn2cccn2)cc1)c1cccc(C)c1. The van der Waals surface area contributed by atoms with E-state index in [0.29, 0.717) is 13.1 Å². The van der Waals surface area contributed by atoms with Gasteiger partial charge in [-0.3, -0.25) is 4.68 Å². The van der Waals surface area contributed by atoms with E-state index in [4.69, 9.17) is 0 Å². The Balaban J connectivity index is 1.39. The Morgan fingerprint density at radius 3 is 2.55 bits per heavy atom. The highest BCUT2D eigenvalue weighted by Crippen LogP contribution is 2.15. The Bertz CT molecular complexity index is 890. The number of nitrogens with one attached hydrogen (secondary N) is 2. The molecular formula is C23H29N5O. The number of aryl methyl sites for hydroxylation is 1. The average molecular weight is 392 g/mol. The Labute approximate surface area is 172 Å². The summed E-state index contributed by atoms with van der Waals surface area (Å²) < 4.78 is 1.89. The molecule has 1 aromatic heterocycles. The summed E-state index contributed by atoms with van der Waals surface area (Å²) in [4.78, 5) is 14.4. The molecule has 2 N–H and O–H groups in total. The molecule has 1 heterocycles. The lowest BCUT2D eigenvalue weighted by Gasteiger charge is -2.23. The van der Waals surface area contributed by atoms with Gasteiger partial charge in [-0.05, 0) is 48.7 Å². The molecule has 0 aliphatic rings. The first-order chi connectivity index (χ1) is 14.1. The second kappa shape index (κ2) is 10.3. The largest absolute Gasteiger partial charge is 0.370 e. The molecule has 6 nitrogen and oxygen atoms in total. The fraction of sp³-hybridized carbons (Fsp3) is 0.304. The molecule has 152 valence electrons. The molecule has 3 aromatic rings. The summed E-state index contributed by atoms with van der Waals surface area (Å²) in [5.74, 6) is 0. The van der Waals surface area contributed by atoms with Gasteiger partial charge >= 0.3 is 6.03 Å². The summed E-state index contributed by atoms with van der Waals surface area (Å²) >= 11 is 0. The zero-order valence-electron chi connectivity index (χ0n) is 17.1. The minimum Gasteiger partial charge on any atom is -0.370 e. The molecule has 0 aliphatic carbocycles. The maximum Gasteiger partial charge on any atom is 0.315 e. The molecular weight excluding hydrogens is 362 g/mol. The first-order valence-corrected chi connectivity index (χ1v) is 10.0. The number of hydrogen-bond donors (Lipinski definition) is 2. The van der Waals surface area contributed by atoms with Crippen LogP contribution in [-0.4, -0.2) is 35.4 Å². The van der Waals surface area contributed by atoms with E-state index in [1.807, 2.05) is 29.1 Å². The lowest BCUT2D eigenvalue weighted by molar-refractivity contribution is 0.240. The quantitative estimate of drug-likeness (QED) is 0.586. The van der Waals surface area contributed by atoms with Gasteiger partial charge in [0.05, 0.1) is 6.54 Å². The van der Waals surface area contributed by atoms with Crippen molar-refractivity contribution in [1.29, 1.82) is 0 Å². The van der Waals surface area contributed by atoms with Gasteiger partial charge in [0.15, 0.2) is 0 Å². The minimum absolute atomic E-state index is 0.147. The lowest BCUT2D eigenvalue weighted by atomic mass is 10.1. The monoisotopic (exact) mass is 391 g/mol. The van der Waals surface area contributed by atoms with Gasteiger partial charge in [0.25, 0.3) is 0 Å². The normalized spacial score (nSPS) is 10.6. The summed E-state index contributed by atoms with van der Waals surface area (Å²) in [5, 5.41) is 10.1. The van der Waals surface area contributed by atoms with Crippen LogP contribution in [0.5, 0.6) is 0 Å². The molecule has 0 aliphatic heterocycles. The van der Waals surface area contributed by atoms with Gasteiger partial charge in [-0.2, -0.15) is 5.10 Å². The summed E-state index contributed by atoms with van der Waals surface area (Å²) in [6, 6.07) is 18.4. The second-order valence-corrected chi connectivity index (χ2v) is 7.05. The van der Waals surface area contributed by atoms with Crippen molar-refractivity contribution in [2.24, 2.45) is 0 Å². The molecule has 3 rings (SSSR count). The van der Waals surface area contributed by atoms with E-state index in [2.05, 4.69) is 70.9 Å². The lowest BCUT2D eigenvalue weighted by Crippen LogP contribution is -2.40. The van der Waals surface area contributed by atoms with Crippen molar-refractivity contribution < 1.29 is 4.79 Å². The molecule has 2 amide bonds. The van der Waals surface area contributed by atoms with Crippen LogP contribution >= 0.6 is 0 Å². The van der Waals surface area contributed by atoms with Crippen molar-refractivity contribution >= 4 is 11.7 Å². The van der Waals surface area contributed by atoms with Gasteiger partial charge in [-0.1, -0.05) is 36.4 Å². The molecule has 6 heteroatoms. The van der Waals surface area contributed by atoms with E-state index in [-0.39, 0.29) is 6.03 Å². The number of nitrogens with zero attached hydrogens (tertiary/aromatic N) is 3. The highest BCUT2D eigenvalue weighted by atomic mass is 16.2. The van der Waals surface area contributed by atoms with Crippen LogP contribution in [0, 0.1) is 6.92 Å². The van der Waals surface area contributed by atoms with Crippen molar-refractivity contribution in [2.45, 2.75) is 26.9 Å². The first-order valence-electron chi connectivity index (χ1n) is 10.0. The van der Waals surface area contributed by atoms with E-state index in [0.717, 1.165) is 25.2 Å². The summed E-state index contributed by atoms with van der Waals surface area (Å²) in [6.45, 7) is 7.73. The van der Waals surface area contributed by atoms with Crippen LogP contribution in [0.4, 0.5) is 10.5 Å². The molecule has 2 aromatic carbocycles. The number of anilines is 1. The number of carbonyl (C=O) groups excluding carboxylic acids is 1. The molecule has 29 heavy (non-hydrogen) atoms. The van der Waals surface area contributed by atoms with Crippen LogP contribution in [0.1, 0.15) is 23.6 Å². The predicted molar refractivity (Wildman–Crippen MR) is 117 cm³/mol. The summed E-state index contributed by atoms with van der Waals surface area (Å²) in [7, 11) is 0. The average Bonchev–Trinajstić information content (AvgIpc) is 3.24. The fourth-order valence-electron chi connectivity index (χ4n) is 3.19. The topological polar surface area (TPSA) is 62.2 Å². The predicted octanol–water partition coefficient (Wildman–Crippen LogP) is 3.57. The van der Waals surface area contributed by atoms with Crippen LogP contribution in [0.15, 0.2) is 67.0 Å². The maximum atomic E-state index is 12.1. The number of aromatic nitrogens is 2. The molecule has 0 radical (unpaired) electrons. The zero-order valence-corrected chi connectivity index (χ0v) is 17.1. The number of rotatable bonds is 9. The minimum atomic E-state index is -0.147. The number of carbonyl (C=O) groups is 1. The maximum absolute atomic E-state index is 12.1. The Morgan fingerprint density at radius 1 is 1.07 bits per heavy atom. The highest BCUT2D eigenvalue weighted by molar-refractivity contribution is 5.73. The van der Waals surface area contributed by atoms with E-state index >= 15 is 0 Å². The smallest absolute Gasteiger partial charge is 0.315 e. The third kappa shape index (κ3) is 6.38. The molecule has 0 fully saturated rings. The van der Waals surface area contributed by atoms with Crippen molar-refractivity contribution in [1.82, 2.24) is 20.4 Å². The first kappa shape index (κ1) is 20.5. The van der Waals surface area contributed by atoms with E-state index in [9.17, 15) is 4.79 Å². The third-order valence-electron chi connectivity index (χ3n) is 4.80. The van der Waals surface area contributed by atoms with Gasteiger partial charge < -0.3 is 15.5 Å². The molecule has 0 bridgehead atoms. The Morgan fingerprint density at radius 2 is 1.86 bits per heavy atom. The van der Waals surface area contributed by atoms with E-state index in [1.165, 1.54) is 16.8 Å². The van der Waals surface area contributed by atoms with Crippen LogP contribution in [0.25, 0.3) is 0 Å². The highest BCUT2D eigenvalue weighted by Gasteiger charge is 2.06. The third-order valence-corrected chi connectivity index (χ3v) is 4.80. The molecule has 0 saturated heterocycles. The molecule has 0 saturated carbocycles. The standard InChI is InChI=1S/C23H29N5O/c1-3-27(22-7-4-6-19(2)16-22)15-13-24-23(29)25-17-20-8-10-21(11-9-20)18-28-14-5-12-26-28/h4-12,14,16H,3,13,15,17-18H2,1-2H3,(H2,24,25,29). The van der Waals surface area contributed by atoms with Gasteiger partial charge in [0, 0.05) is 44.3 Å². The fourth-order valence-corrected chi connectivity index (χ4v) is 3.19. The van der Waals surface area contributed by atoms with Crippen LogP contribution in [0.2, 0.25) is 0 Å². The molecule has 0 atom stereocenters. The van der Waals surface area contributed by atoms with Gasteiger partial charge in [0.1, 0.15) is 0 Å².